The molecule has 3 aliphatic rings. The van der Waals surface area contributed by atoms with Gasteiger partial charge in [-0.3, -0.25) is 9.59 Å². The summed E-state index contributed by atoms with van der Waals surface area (Å²) in [4.78, 5) is 25.2. The average molecular weight is 449 g/mol. The van der Waals surface area contributed by atoms with Gasteiger partial charge in [0.15, 0.2) is 12.4 Å². The summed E-state index contributed by atoms with van der Waals surface area (Å²) in [6.45, 7) is 3.71. The van der Waals surface area contributed by atoms with E-state index in [0.29, 0.717) is 11.5 Å². The molecule has 2 N–H and O–H groups in total. The van der Waals surface area contributed by atoms with Gasteiger partial charge in [0.2, 0.25) is 0 Å². The van der Waals surface area contributed by atoms with Crippen molar-refractivity contribution in [2.45, 2.75) is 57.0 Å². The van der Waals surface area contributed by atoms with Crippen molar-refractivity contribution in [2.24, 2.45) is 5.92 Å². The largest absolute Gasteiger partial charge is 0.484 e. The maximum Gasteiger partial charge on any atom is 0.287 e. The van der Waals surface area contributed by atoms with E-state index in [4.69, 9.17) is 20.8 Å². The summed E-state index contributed by atoms with van der Waals surface area (Å²) >= 11 is 5.67. The van der Waals surface area contributed by atoms with Gasteiger partial charge in [0.25, 0.3) is 11.8 Å². The number of ether oxygens (including phenoxy) is 1. The van der Waals surface area contributed by atoms with E-state index in [0.717, 1.165) is 38.2 Å². The van der Waals surface area contributed by atoms with Crippen molar-refractivity contribution in [3.63, 3.8) is 0 Å². The zero-order valence-corrected chi connectivity index (χ0v) is 18.4. The van der Waals surface area contributed by atoms with E-state index in [-0.39, 0.29) is 46.2 Å². The van der Waals surface area contributed by atoms with Crippen LogP contribution in [-0.2, 0) is 4.79 Å². The third-order valence-electron chi connectivity index (χ3n) is 6.73. The molecule has 31 heavy (non-hydrogen) atoms. The van der Waals surface area contributed by atoms with Gasteiger partial charge >= 0.3 is 0 Å². The van der Waals surface area contributed by atoms with Crippen LogP contribution in [0.15, 0.2) is 34.7 Å². The quantitative estimate of drug-likeness (QED) is 0.686. The minimum atomic E-state index is -0.588. The molecule has 3 aliphatic carbocycles. The number of benzene rings is 1. The normalized spacial score (nSPS) is 27.0. The molecule has 0 saturated heterocycles. The van der Waals surface area contributed by atoms with Gasteiger partial charge in [-0.2, -0.15) is 0 Å². The molecule has 5 rings (SSSR count). The molecule has 3 saturated carbocycles. The lowest BCUT2D eigenvalue weighted by molar-refractivity contribution is -0.128. The van der Waals surface area contributed by atoms with Crippen LogP contribution in [0.4, 0.5) is 4.39 Å². The predicted molar refractivity (Wildman–Crippen MR) is 114 cm³/mol. The second-order valence-electron chi connectivity index (χ2n) is 8.82. The first-order valence-electron chi connectivity index (χ1n) is 10.5. The van der Waals surface area contributed by atoms with Gasteiger partial charge in [-0.15, -0.1) is 0 Å². The molecule has 2 aromatic rings. The number of halogens is 2. The molecule has 1 atom stereocenters. The van der Waals surface area contributed by atoms with Crippen LogP contribution >= 0.6 is 11.6 Å². The number of hydrogen-bond donors (Lipinski definition) is 2. The van der Waals surface area contributed by atoms with E-state index < -0.39 is 5.82 Å². The van der Waals surface area contributed by atoms with Crippen molar-refractivity contribution < 1.29 is 23.1 Å². The standard InChI is InChI=1S/C23H26ClFN2O4/c1-14-12-22(27-21(29)19-6-3-15(2)31-19)7-9-23(14,10-8-22)26-20(28)13-30-16-4-5-17(24)18(25)11-16/h3-6,11,14H,7-10,12-13H2,1-2H3,(H,26,28)(H,27,29). The molecule has 1 unspecified atom stereocenters. The molecule has 1 aromatic carbocycles. The lowest BCUT2D eigenvalue weighted by Crippen LogP contribution is -2.67. The van der Waals surface area contributed by atoms with E-state index in [1.807, 2.05) is 6.92 Å². The van der Waals surface area contributed by atoms with Gasteiger partial charge in [0, 0.05) is 17.1 Å². The maximum atomic E-state index is 13.5. The summed E-state index contributed by atoms with van der Waals surface area (Å²) in [6, 6.07) is 7.55. The van der Waals surface area contributed by atoms with Gasteiger partial charge in [0.05, 0.1) is 5.02 Å². The topological polar surface area (TPSA) is 80.6 Å². The minimum absolute atomic E-state index is 0.00619. The number of carbonyl (C=O) groups excluding carboxylic acids is 2. The molecule has 0 radical (unpaired) electrons. The van der Waals surface area contributed by atoms with Crippen molar-refractivity contribution in [1.29, 1.82) is 0 Å². The molecule has 166 valence electrons. The monoisotopic (exact) mass is 448 g/mol. The fourth-order valence-electron chi connectivity index (χ4n) is 4.97. The van der Waals surface area contributed by atoms with Crippen LogP contribution in [0.5, 0.6) is 5.75 Å². The van der Waals surface area contributed by atoms with Gasteiger partial charge in [-0.05, 0) is 69.2 Å². The molecule has 0 spiro atoms. The first-order chi connectivity index (χ1) is 14.7. The van der Waals surface area contributed by atoms with Crippen molar-refractivity contribution in [1.82, 2.24) is 10.6 Å². The van der Waals surface area contributed by atoms with Gasteiger partial charge < -0.3 is 19.8 Å². The summed E-state index contributed by atoms with van der Waals surface area (Å²) in [6.07, 6.45) is 3.89. The molecule has 0 aliphatic heterocycles. The third kappa shape index (κ3) is 4.42. The summed E-state index contributed by atoms with van der Waals surface area (Å²) in [7, 11) is 0. The fraction of sp³-hybridized carbons (Fsp3) is 0.478. The highest BCUT2D eigenvalue weighted by atomic mass is 35.5. The Hall–Kier alpha value is -2.54. The third-order valence-corrected chi connectivity index (χ3v) is 7.04. The van der Waals surface area contributed by atoms with Crippen LogP contribution in [0.3, 0.4) is 0 Å². The number of aryl methyl sites for hydroxylation is 1. The highest BCUT2D eigenvalue weighted by Gasteiger charge is 2.54. The molecule has 3 fully saturated rings. The van der Waals surface area contributed by atoms with E-state index >= 15 is 0 Å². The number of hydrogen-bond acceptors (Lipinski definition) is 4. The van der Waals surface area contributed by atoms with Gasteiger partial charge in [0.1, 0.15) is 17.3 Å². The minimum Gasteiger partial charge on any atom is -0.484 e. The van der Waals surface area contributed by atoms with Crippen LogP contribution in [0.2, 0.25) is 5.02 Å². The number of amides is 2. The highest BCUT2D eigenvalue weighted by Crippen LogP contribution is 2.50. The van der Waals surface area contributed by atoms with Crippen LogP contribution < -0.4 is 15.4 Å². The number of fused-ring (bicyclic) bond motifs is 3. The number of carbonyl (C=O) groups is 2. The Bertz CT molecular complexity index is 997. The Kier molecular flexibility index (Phi) is 5.73. The van der Waals surface area contributed by atoms with Gasteiger partial charge in [-0.1, -0.05) is 18.5 Å². The number of furan rings is 1. The van der Waals surface area contributed by atoms with Crippen LogP contribution in [0, 0.1) is 18.7 Å². The van der Waals surface area contributed by atoms with E-state index in [1.54, 1.807) is 12.1 Å². The second kappa shape index (κ2) is 8.19. The first-order valence-corrected chi connectivity index (χ1v) is 10.9. The first kappa shape index (κ1) is 21.7. The maximum absolute atomic E-state index is 13.5. The van der Waals surface area contributed by atoms with E-state index in [2.05, 4.69) is 17.6 Å². The SMILES string of the molecule is Cc1ccc(C(=O)NC23CCC(NC(=O)COc4ccc(Cl)c(F)c4)(CC2)C(C)C3)o1. The van der Waals surface area contributed by atoms with E-state index in [9.17, 15) is 14.0 Å². The molecular formula is C23H26ClFN2O4. The summed E-state index contributed by atoms with van der Waals surface area (Å²) < 4.78 is 24.4. The van der Waals surface area contributed by atoms with Crippen LogP contribution in [0.1, 0.15) is 55.3 Å². The molecule has 1 aromatic heterocycles. The highest BCUT2D eigenvalue weighted by molar-refractivity contribution is 6.30. The lowest BCUT2D eigenvalue weighted by atomic mass is 9.56. The number of nitrogens with one attached hydrogen (secondary N) is 2. The Morgan fingerprint density at radius 1 is 1.19 bits per heavy atom. The smallest absolute Gasteiger partial charge is 0.287 e. The zero-order valence-electron chi connectivity index (χ0n) is 17.6. The number of rotatable bonds is 6. The molecule has 2 bridgehead atoms. The second-order valence-corrected chi connectivity index (χ2v) is 9.23. The Morgan fingerprint density at radius 2 is 1.94 bits per heavy atom. The van der Waals surface area contributed by atoms with Crippen molar-refractivity contribution in [2.75, 3.05) is 6.61 Å². The Balaban J connectivity index is 1.34. The molecule has 8 heteroatoms. The Labute approximate surface area is 185 Å². The van der Waals surface area contributed by atoms with Crippen molar-refractivity contribution in [3.8, 4) is 5.75 Å². The van der Waals surface area contributed by atoms with E-state index in [1.165, 1.54) is 12.1 Å². The molecule has 6 nitrogen and oxygen atoms in total. The summed E-state index contributed by atoms with van der Waals surface area (Å²) in [5, 5.41) is 6.35. The molecule has 1 heterocycles. The molecule has 2 amide bonds. The van der Waals surface area contributed by atoms with Crippen molar-refractivity contribution >= 4 is 23.4 Å². The Morgan fingerprint density at radius 3 is 2.55 bits per heavy atom. The zero-order chi connectivity index (χ0) is 22.2. The summed E-state index contributed by atoms with van der Waals surface area (Å²) in [5.74, 6) is 0.443. The van der Waals surface area contributed by atoms with Gasteiger partial charge in [-0.25, -0.2) is 4.39 Å². The summed E-state index contributed by atoms with van der Waals surface area (Å²) in [5.41, 5.74) is -0.597. The fourth-order valence-corrected chi connectivity index (χ4v) is 5.08. The van der Waals surface area contributed by atoms with Crippen molar-refractivity contribution in [3.05, 3.63) is 52.7 Å². The lowest BCUT2D eigenvalue weighted by Gasteiger charge is -2.57. The predicted octanol–water partition coefficient (Wildman–Crippen LogP) is 4.40. The molecular weight excluding hydrogens is 423 g/mol. The van der Waals surface area contributed by atoms with Crippen LogP contribution in [-0.4, -0.2) is 29.5 Å². The van der Waals surface area contributed by atoms with Crippen LogP contribution in [0.25, 0.3) is 0 Å². The average Bonchev–Trinajstić information content (AvgIpc) is 3.17.